The molecule has 0 aliphatic heterocycles. The van der Waals surface area contributed by atoms with E-state index in [1.165, 1.54) is 22.7 Å². The van der Waals surface area contributed by atoms with Crippen LogP contribution < -0.4 is 11.1 Å². The van der Waals surface area contributed by atoms with Crippen LogP contribution in [0.4, 0.5) is 10.8 Å². The highest BCUT2D eigenvalue weighted by atomic mass is 32.1. The lowest BCUT2D eigenvalue weighted by atomic mass is 10.1. The molecule has 1 heterocycles. The van der Waals surface area contributed by atoms with Gasteiger partial charge in [-0.15, -0.1) is 0 Å². The monoisotopic (exact) mass is 256 g/mol. The van der Waals surface area contributed by atoms with Crippen LogP contribution in [0.25, 0.3) is 0 Å². The third kappa shape index (κ3) is 1.81. The summed E-state index contributed by atoms with van der Waals surface area (Å²) in [5.41, 5.74) is 8.88. The number of nitrogens with one attached hydrogen (secondary N) is 1. The minimum absolute atomic E-state index is 0.320. The van der Waals surface area contributed by atoms with Crippen LogP contribution >= 0.6 is 11.5 Å². The maximum absolute atomic E-state index is 9.03. The first-order valence-electron chi connectivity index (χ1n) is 5.76. The van der Waals surface area contributed by atoms with Crippen molar-refractivity contribution in [3.05, 3.63) is 41.0 Å². The Kier molecular flexibility index (Phi) is 2.65. The van der Waals surface area contributed by atoms with E-state index in [0.29, 0.717) is 17.4 Å². The van der Waals surface area contributed by atoms with E-state index in [1.54, 1.807) is 0 Å². The predicted molar refractivity (Wildman–Crippen MR) is 72.5 cm³/mol. The van der Waals surface area contributed by atoms with E-state index in [4.69, 9.17) is 11.0 Å². The van der Waals surface area contributed by atoms with Crippen molar-refractivity contribution in [1.29, 1.82) is 5.26 Å². The third-order valence-electron chi connectivity index (χ3n) is 3.22. The molecule has 2 aromatic rings. The fraction of sp³-hybridized carbons (Fsp3) is 0.231. The molecule has 0 unspecified atom stereocenters. The molecule has 0 bridgehead atoms. The average Bonchev–Trinajstić information content (AvgIpc) is 2.93. The summed E-state index contributed by atoms with van der Waals surface area (Å²) in [5, 5.41) is 13.2. The molecule has 0 fully saturated rings. The summed E-state index contributed by atoms with van der Waals surface area (Å²) in [6.07, 6.45) is 1.97. The molecule has 90 valence electrons. The number of nitriles is 1. The number of hydrogen-bond donors (Lipinski definition) is 2. The van der Waals surface area contributed by atoms with Crippen molar-refractivity contribution in [2.45, 2.75) is 18.9 Å². The summed E-state index contributed by atoms with van der Waals surface area (Å²) in [7, 11) is 0. The Balaban J connectivity index is 1.79. The smallest absolute Gasteiger partial charge is 0.157 e. The molecule has 1 aliphatic carbocycles. The fourth-order valence-corrected chi connectivity index (χ4v) is 3.10. The van der Waals surface area contributed by atoms with Gasteiger partial charge in [-0.05, 0) is 35.5 Å². The second-order valence-electron chi connectivity index (χ2n) is 4.40. The van der Waals surface area contributed by atoms with Gasteiger partial charge in [0.05, 0.1) is 0 Å². The van der Waals surface area contributed by atoms with E-state index in [2.05, 4.69) is 40.0 Å². The first-order valence-corrected chi connectivity index (χ1v) is 6.54. The number of anilines is 2. The molecule has 0 radical (unpaired) electrons. The van der Waals surface area contributed by atoms with Crippen molar-refractivity contribution in [2.75, 3.05) is 11.1 Å². The number of nitrogens with zero attached hydrogens (tertiary/aromatic N) is 2. The summed E-state index contributed by atoms with van der Waals surface area (Å²) in [5.74, 6) is 0.320. The van der Waals surface area contributed by atoms with E-state index in [-0.39, 0.29) is 0 Å². The van der Waals surface area contributed by atoms with Gasteiger partial charge in [-0.3, -0.25) is 0 Å². The molecule has 0 atom stereocenters. The van der Waals surface area contributed by atoms with Gasteiger partial charge in [-0.25, -0.2) is 0 Å². The molecule has 1 aromatic heterocycles. The lowest BCUT2D eigenvalue weighted by Crippen LogP contribution is -2.19. The zero-order chi connectivity index (χ0) is 12.5. The molecular formula is C13H12N4S. The van der Waals surface area contributed by atoms with Gasteiger partial charge in [0, 0.05) is 6.04 Å². The molecule has 5 heteroatoms. The molecule has 0 spiro atoms. The summed E-state index contributed by atoms with van der Waals surface area (Å²) >= 11 is 1.26. The van der Waals surface area contributed by atoms with Crippen LogP contribution in [0, 0.1) is 11.3 Å². The summed E-state index contributed by atoms with van der Waals surface area (Å²) < 4.78 is 4.01. The summed E-state index contributed by atoms with van der Waals surface area (Å²) in [6.45, 7) is 0. The topological polar surface area (TPSA) is 74.7 Å². The second kappa shape index (κ2) is 4.31. The number of nitrogen functional groups attached to an aromatic ring is 1. The largest absolute Gasteiger partial charge is 0.382 e. The number of aromatic nitrogens is 1. The Morgan fingerprint density at radius 2 is 2.00 bits per heavy atom. The van der Waals surface area contributed by atoms with Crippen LogP contribution in [0.5, 0.6) is 0 Å². The van der Waals surface area contributed by atoms with Crippen LogP contribution in [-0.4, -0.2) is 10.4 Å². The van der Waals surface area contributed by atoms with Gasteiger partial charge in [-0.1, -0.05) is 24.3 Å². The SMILES string of the molecule is N#Cc1c(N)nsc1NC1Cc2ccccc2C1. The van der Waals surface area contributed by atoms with Gasteiger partial charge in [-0.2, -0.15) is 9.64 Å². The van der Waals surface area contributed by atoms with Crippen molar-refractivity contribution < 1.29 is 0 Å². The van der Waals surface area contributed by atoms with Gasteiger partial charge in [0.15, 0.2) is 5.82 Å². The lowest BCUT2D eigenvalue weighted by molar-refractivity contribution is 0.777. The maximum atomic E-state index is 9.03. The van der Waals surface area contributed by atoms with E-state index >= 15 is 0 Å². The number of benzene rings is 1. The molecule has 1 aliphatic rings. The van der Waals surface area contributed by atoms with Crippen molar-refractivity contribution in [2.24, 2.45) is 0 Å². The van der Waals surface area contributed by atoms with Crippen LogP contribution in [0.2, 0.25) is 0 Å². The molecule has 4 nitrogen and oxygen atoms in total. The van der Waals surface area contributed by atoms with E-state index in [0.717, 1.165) is 17.8 Å². The van der Waals surface area contributed by atoms with Crippen LogP contribution in [0.1, 0.15) is 16.7 Å². The molecule has 0 saturated heterocycles. The van der Waals surface area contributed by atoms with Gasteiger partial charge >= 0.3 is 0 Å². The lowest BCUT2D eigenvalue weighted by Gasteiger charge is -2.11. The quantitative estimate of drug-likeness (QED) is 0.863. The third-order valence-corrected chi connectivity index (χ3v) is 4.01. The zero-order valence-electron chi connectivity index (χ0n) is 9.68. The fourth-order valence-electron chi connectivity index (χ4n) is 2.36. The average molecular weight is 256 g/mol. The maximum Gasteiger partial charge on any atom is 0.157 e. The minimum Gasteiger partial charge on any atom is -0.382 e. The number of hydrogen-bond acceptors (Lipinski definition) is 5. The van der Waals surface area contributed by atoms with Crippen molar-refractivity contribution in [3.8, 4) is 6.07 Å². The highest BCUT2D eigenvalue weighted by Crippen LogP contribution is 2.30. The first-order chi connectivity index (χ1) is 8.78. The van der Waals surface area contributed by atoms with Crippen LogP contribution in [0.3, 0.4) is 0 Å². The molecule has 3 N–H and O–H groups in total. The Morgan fingerprint density at radius 3 is 2.61 bits per heavy atom. The number of fused-ring (bicyclic) bond motifs is 1. The Hall–Kier alpha value is -2.06. The molecule has 0 amide bonds. The first kappa shape index (κ1) is 11.1. The van der Waals surface area contributed by atoms with Crippen molar-refractivity contribution in [1.82, 2.24) is 4.37 Å². The number of rotatable bonds is 2. The van der Waals surface area contributed by atoms with Gasteiger partial charge in [0.1, 0.15) is 16.6 Å². The molecule has 1 aromatic carbocycles. The van der Waals surface area contributed by atoms with Crippen molar-refractivity contribution >= 4 is 22.4 Å². The Morgan fingerprint density at radius 1 is 1.33 bits per heavy atom. The van der Waals surface area contributed by atoms with Gasteiger partial charge in [0.2, 0.25) is 0 Å². The Labute approximate surface area is 109 Å². The second-order valence-corrected chi connectivity index (χ2v) is 5.18. The van der Waals surface area contributed by atoms with Gasteiger partial charge in [0.25, 0.3) is 0 Å². The zero-order valence-corrected chi connectivity index (χ0v) is 10.5. The van der Waals surface area contributed by atoms with Gasteiger partial charge < -0.3 is 11.1 Å². The van der Waals surface area contributed by atoms with Crippen LogP contribution in [0.15, 0.2) is 24.3 Å². The normalized spacial score (nSPS) is 14.2. The van der Waals surface area contributed by atoms with E-state index < -0.39 is 0 Å². The molecular weight excluding hydrogens is 244 g/mol. The molecule has 3 rings (SSSR count). The Bertz CT molecular complexity index is 601. The van der Waals surface area contributed by atoms with Crippen molar-refractivity contribution in [3.63, 3.8) is 0 Å². The molecule has 18 heavy (non-hydrogen) atoms. The highest BCUT2D eigenvalue weighted by molar-refractivity contribution is 7.10. The predicted octanol–water partition coefficient (Wildman–Crippen LogP) is 2.18. The number of nitrogens with two attached hydrogens (primary N) is 1. The standard InChI is InChI=1S/C13H12N4S/c14-7-11-12(15)17-18-13(11)16-10-5-8-3-1-2-4-9(8)6-10/h1-4,10,16H,5-6H2,(H2,15,17). The summed E-state index contributed by atoms with van der Waals surface area (Å²) in [6, 6.07) is 10.9. The van der Waals surface area contributed by atoms with E-state index in [1.807, 2.05) is 0 Å². The van der Waals surface area contributed by atoms with Crippen LogP contribution in [-0.2, 0) is 12.8 Å². The van der Waals surface area contributed by atoms with E-state index in [9.17, 15) is 0 Å². The molecule has 0 saturated carbocycles. The highest BCUT2D eigenvalue weighted by Gasteiger charge is 2.22. The minimum atomic E-state index is 0.320. The summed E-state index contributed by atoms with van der Waals surface area (Å²) in [4.78, 5) is 0.